The van der Waals surface area contributed by atoms with Gasteiger partial charge >= 0.3 is 5.97 Å². The molecule has 1 saturated carbocycles. The van der Waals surface area contributed by atoms with E-state index < -0.39 is 12.1 Å². The number of carbonyl (C=O) groups is 1. The first-order chi connectivity index (χ1) is 7.22. The molecule has 15 heavy (non-hydrogen) atoms. The molecule has 3 nitrogen and oxygen atoms in total. The molecule has 2 atom stereocenters. The van der Waals surface area contributed by atoms with Gasteiger partial charge in [-0.1, -0.05) is 0 Å². The summed E-state index contributed by atoms with van der Waals surface area (Å²) in [6, 6.07) is 0. The number of ether oxygens (including phenoxy) is 1. The Kier molecular flexibility index (Phi) is 3.00. The van der Waals surface area contributed by atoms with Crippen LogP contribution in [0.3, 0.4) is 0 Å². The third kappa shape index (κ3) is 2.02. The first kappa shape index (κ1) is 10.5. The van der Waals surface area contributed by atoms with Crippen molar-refractivity contribution in [1.82, 2.24) is 4.98 Å². The second-order valence-electron chi connectivity index (χ2n) is 3.49. The van der Waals surface area contributed by atoms with Crippen molar-refractivity contribution in [2.24, 2.45) is 0 Å². The number of carbonyl (C=O) groups excluding carboxylic acids is 1. The van der Waals surface area contributed by atoms with E-state index in [0.29, 0.717) is 18.7 Å². The van der Waals surface area contributed by atoms with Crippen molar-refractivity contribution in [3.63, 3.8) is 0 Å². The smallest absolute Gasteiger partial charge is 0.357 e. The maximum Gasteiger partial charge on any atom is 0.357 e. The second kappa shape index (κ2) is 4.26. The molecule has 0 N–H and O–H groups in total. The summed E-state index contributed by atoms with van der Waals surface area (Å²) in [7, 11) is 0. The van der Waals surface area contributed by atoms with E-state index in [1.54, 1.807) is 12.3 Å². The summed E-state index contributed by atoms with van der Waals surface area (Å²) in [5.74, 6) is -0.520. The van der Waals surface area contributed by atoms with E-state index in [1.165, 1.54) is 11.3 Å². The summed E-state index contributed by atoms with van der Waals surface area (Å²) in [5, 5.41) is 2.36. The van der Waals surface area contributed by atoms with Crippen LogP contribution in [0, 0.1) is 0 Å². The molecule has 1 aromatic heterocycles. The fraction of sp³-hybridized carbons (Fsp3) is 0.600. The van der Waals surface area contributed by atoms with E-state index in [0.717, 1.165) is 11.4 Å². The molecule has 0 amide bonds. The molecule has 0 aromatic carbocycles. The van der Waals surface area contributed by atoms with E-state index in [-0.39, 0.29) is 5.92 Å². The number of thiazole rings is 1. The Morgan fingerprint density at radius 2 is 2.53 bits per heavy atom. The van der Waals surface area contributed by atoms with Gasteiger partial charge in [-0.3, -0.25) is 0 Å². The minimum atomic E-state index is -0.786. The zero-order valence-electron chi connectivity index (χ0n) is 8.40. The molecule has 2 rings (SSSR count). The third-order valence-electron chi connectivity index (χ3n) is 2.51. The molecule has 1 fully saturated rings. The summed E-state index contributed by atoms with van der Waals surface area (Å²) in [6.45, 7) is 2.08. The van der Waals surface area contributed by atoms with E-state index >= 15 is 0 Å². The minimum absolute atomic E-state index is 0.0989. The van der Waals surface area contributed by atoms with Gasteiger partial charge < -0.3 is 4.74 Å². The number of aromatic nitrogens is 1. The largest absolute Gasteiger partial charge is 0.461 e. The third-order valence-corrected chi connectivity index (χ3v) is 3.49. The van der Waals surface area contributed by atoms with Crippen LogP contribution in [0.15, 0.2) is 5.38 Å². The first-order valence-electron chi connectivity index (χ1n) is 4.99. The Hall–Kier alpha value is -0.970. The van der Waals surface area contributed by atoms with Crippen molar-refractivity contribution in [3.05, 3.63) is 16.1 Å². The van der Waals surface area contributed by atoms with Crippen molar-refractivity contribution in [1.29, 1.82) is 0 Å². The zero-order chi connectivity index (χ0) is 10.8. The fourth-order valence-corrected chi connectivity index (χ4v) is 2.47. The van der Waals surface area contributed by atoms with Crippen LogP contribution in [0.5, 0.6) is 0 Å². The molecule has 1 aliphatic rings. The number of rotatable bonds is 3. The van der Waals surface area contributed by atoms with Crippen LogP contribution in [-0.2, 0) is 4.74 Å². The van der Waals surface area contributed by atoms with Gasteiger partial charge in [-0.05, 0) is 19.8 Å². The molecule has 1 aromatic rings. The SMILES string of the molecule is CCOC(=O)c1csc(C2CCC2F)n1. The van der Waals surface area contributed by atoms with Crippen molar-refractivity contribution < 1.29 is 13.9 Å². The van der Waals surface area contributed by atoms with E-state index in [4.69, 9.17) is 4.74 Å². The van der Waals surface area contributed by atoms with Gasteiger partial charge in [0.15, 0.2) is 5.69 Å². The summed E-state index contributed by atoms with van der Waals surface area (Å²) in [5.41, 5.74) is 0.302. The molecule has 2 unspecified atom stereocenters. The highest BCUT2D eigenvalue weighted by Gasteiger charge is 2.34. The van der Waals surface area contributed by atoms with Gasteiger partial charge in [0.1, 0.15) is 6.17 Å². The van der Waals surface area contributed by atoms with Crippen LogP contribution in [0.4, 0.5) is 4.39 Å². The quantitative estimate of drug-likeness (QED) is 0.748. The van der Waals surface area contributed by atoms with Crippen LogP contribution in [0.2, 0.25) is 0 Å². The minimum Gasteiger partial charge on any atom is -0.461 e. The molecule has 0 radical (unpaired) electrons. The normalized spacial score (nSPS) is 24.7. The predicted molar refractivity (Wildman–Crippen MR) is 54.9 cm³/mol. The van der Waals surface area contributed by atoms with E-state index in [2.05, 4.69) is 4.98 Å². The molecule has 0 spiro atoms. The van der Waals surface area contributed by atoms with Gasteiger partial charge in [0.05, 0.1) is 11.6 Å². The molecule has 1 heterocycles. The van der Waals surface area contributed by atoms with Gasteiger partial charge in [-0.2, -0.15) is 0 Å². The highest BCUT2D eigenvalue weighted by Crippen LogP contribution is 2.40. The Morgan fingerprint density at radius 1 is 1.73 bits per heavy atom. The fourth-order valence-electron chi connectivity index (χ4n) is 1.49. The lowest BCUT2D eigenvalue weighted by Gasteiger charge is -2.28. The lowest BCUT2D eigenvalue weighted by molar-refractivity contribution is 0.0519. The Balaban J connectivity index is 2.06. The van der Waals surface area contributed by atoms with Crippen molar-refractivity contribution in [2.75, 3.05) is 6.61 Å². The van der Waals surface area contributed by atoms with Gasteiger partial charge in [-0.15, -0.1) is 11.3 Å². The monoisotopic (exact) mass is 229 g/mol. The molecule has 0 bridgehead atoms. The number of halogens is 1. The van der Waals surface area contributed by atoms with Crippen LogP contribution in [-0.4, -0.2) is 23.7 Å². The van der Waals surface area contributed by atoms with Crippen LogP contribution < -0.4 is 0 Å². The number of alkyl halides is 1. The molecule has 82 valence electrons. The summed E-state index contributed by atoms with van der Waals surface area (Å²) in [6.07, 6.45) is 0.654. The highest BCUT2D eigenvalue weighted by molar-refractivity contribution is 7.09. The van der Waals surface area contributed by atoms with Crippen LogP contribution in [0.25, 0.3) is 0 Å². The second-order valence-corrected chi connectivity index (χ2v) is 4.38. The number of hydrogen-bond donors (Lipinski definition) is 0. The van der Waals surface area contributed by atoms with Gasteiger partial charge in [0.25, 0.3) is 0 Å². The van der Waals surface area contributed by atoms with Gasteiger partial charge in [0.2, 0.25) is 0 Å². The Bertz CT molecular complexity index is 366. The maximum atomic E-state index is 13.1. The van der Waals surface area contributed by atoms with Gasteiger partial charge in [0, 0.05) is 11.3 Å². The maximum absolute atomic E-state index is 13.1. The highest BCUT2D eigenvalue weighted by atomic mass is 32.1. The van der Waals surface area contributed by atoms with Crippen molar-refractivity contribution in [2.45, 2.75) is 31.9 Å². The lowest BCUT2D eigenvalue weighted by Crippen LogP contribution is -2.24. The number of hydrogen-bond acceptors (Lipinski definition) is 4. The van der Waals surface area contributed by atoms with Crippen LogP contribution in [0.1, 0.15) is 41.2 Å². The van der Waals surface area contributed by atoms with Crippen LogP contribution >= 0.6 is 11.3 Å². The summed E-state index contributed by atoms with van der Waals surface area (Å²) in [4.78, 5) is 15.4. The number of nitrogens with zero attached hydrogens (tertiary/aromatic N) is 1. The number of esters is 1. The van der Waals surface area contributed by atoms with Crippen molar-refractivity contribution >= 4 is 17.3 Å². The van der Waals surface area contributed by atoms with Gasteiger partial charge in [-0.25, -0.2) is 14.2 Å². The van der Waals surface area contributed by atoms with E-state index in [9.17, 15) is 9.18 Å². The Labute approximate surface area is 91.3 Å². The molecule has 0 saturated heterocycles. The molecular formula is C10H12FNO2S. The average Bonchev–Trinajstić information content (AvgIpc) is 2.65. The average molecular weight is 229 g/mol. The summed E-state index contributed by atoms with van der Waals surface area (Å²) >= 11 is 1.34. The predicted octanol–water partition coefficient (Wildman–Crippen LogP) is 2.54. The molecular weight excluding hydrogens is 217 g/mol. The molecule has 1 aliphatic carbocycles. The topological polar surface area (TPSA) is 39.2 Å². The van der Waals surface area contributed by atoms with E-state index in [1.807, 2.05) is 0 Å². The molecule has 5 heteroatoms. The molecule has 0 aliphatic heterocycles. The first-order valence-corrected chi connectivity index (χ1v) is 5.87. The Morgan fingerprint density at radius 3 is 3.07 bits per heavy atom. The zero-order valence-corrected chi connectivity index (χ0v) is 9.22. The lowest BCUT2D eigenvalue weighted by atomic mass is 9.84. The standard InChI is InChI=1S/C10H12FNO2S/c1-2-14-10(13)8-5-15-9(12-8)6-3-4-7(6)11/h5-7H,2-4H2,1H3. The summed E-state index contributed by atoms with van der Waals surface area (Å²) < 4.78 is 17.9. The van der Waals surface area contributed by atoms with Crippen molar-refractivity contribution in [3.8, 4) is 0 Å².